The molecule has 0 aliphatic heterocycles. The number of sulfonamides is 1. The van der Waals surface area contributed by atoms with Crippen molar-refractivity contribution in [2.75, 3.05) is 0 Å². The number of hydrogen-bond donors (Lipinski definition) is 2. The number of nitrogens with zero attached hydrogens (tertiary/aromatic N) is 5. The second kappa shape index (κ2) is 7.74. The van der Waals surface area contributed by atoms with E-state index in [9.17, 15) is 21.6 Å². The molecule has 0 saturated heterocycles. The Kier molecular flexibility index (Phi) is 5.23. The van der Waals surface area contributed by atoms with Gasteiger partial charge in [-0.25, -0.2) is 33.2 Å². The Morgan fingerprint density at radius 2 is 1.94 bits per heavy atom. The molecule has 0 amide bonds. The molecule has 162 valence electrons. The van der Waals surface area contributed by atoms with Crippen LogP contribution in [0, 0.1) is 0 Å². The van der Waals surface area contributed by atoms with Crippen molar-refractivity contribution in [2.45, 2.75) is 24.3 Å². The highest BCUT2D eigenvalue weighted by molar-refractivity contribution is 7.89. The zero-order valence-electron chi connectivity index (χ0n) is 15.8. The molecule has 3 N–H and O–H groups in total. The number of hydrogen-bond acceptors (Lipinski definition) is 6. The van der Waals surface area contributed by atoms with Crippen molar-refractivity contribution in [1.82, 2.24) is 29.7 Å². The number of nitrogens with one attached hydrogen (secondary N) is 1. The molecule has 4 aromatic rings. The van der Waals surface area contributed by atoms with E-state index in [1.165, 1.54) is 29.3 Å². The van der Waals surface area contributed by atoms with Crippen molar-refractivity contribution >= 4 is 21.2 Å². The van der Waals surface area contributed by atoms with E-state index < -0.39 is 34.3 Å². The van der Waals surface area contributed by atoms with Crippen LogP contribution >= 0.6 is 0 Å². The third-order valence-corrected chi connectivity index (χ3v) is 5.99. The second-order valence-electron chi connectivity index (χ2n) is 6.81. The maximum Gasteiger partial charge on any atom is 0.389 e. The summed E-state index contributed by atoms with van der Waals surface area (Å²) in [5.74, 6) is 0.355. The zero-order valence-corrected chi connectivity index (χ0v) is 16.6. The van der Waals surface area contributed by atoms with Gasteiger partial charge in [-0.2, -0.15) is 18.3 Å². The van der Waals surface area contributed by atoms with Crippen LogP contribution in [0.2, 0.25) is 0 Å². The van der Waals surface area contributed by atoms with Crippen molar-refractivity contribution in [3.05, 3.63) is 54.9 Å². The first-order chi connectivity index (χ1) is 14.6. The summed E-state index contributed by atoms with van der Waals surface area (Å²) in [6.45, 7) is 0. The summed E-state index contributed by atoms with van der Waals surface area (Å²) < 4.78 is 62.7. The molecule has 9 nitrogen and oxygen atoms in total. The molecule has 0 fully saturated rings. The number of nitrogens with two attached hydrogens (primary N) is 1. The summed E-state index contributed by atoms with van der Waals surface area (Å²) in [7, 11) is -4.24. The monoisotopic (exact) mass is 451 g/mol. The van der Waals surface area contributed by atoms with Crippen LogP contribution in [0.15, 0.2) is 49.3 Å². The van der Waals surface area contributed by atoms with Crippen molar-refractivity contribution in [3.63, 3.8) is 0 Å². The zero-order chi connectivity index (χ0) is 22.2. The third kappa shape index (κ3) is 4.56. The van der Waals surface area contributed by atoms with Crippen LogP contribution < -0.4 is 5.14 Å². The lowest BCUT2D eigenvalue weighted by molar-refractivity contribution is -0.135. The predicted molar refractivity (Wildman–Crippen MR) is 105 cm³/mol. The van der Waals surface area contributed by atoms with Crippen molar-refractivity contribution < 1.29 is 21.6 Å². The predicted octanol–water partition coefficient (Wildman–Crippen LogP) is 2.88. The number of H-pyrrole nitrogens is 1. The molecule has 31 heavy (non-hydrogen) atoms. The molecule has 0 aliphatic rings. The largest absolute Gasteiger partial charge is 0.389 e. The van der Waals surface area contributed by atoms with Gasteiger partial charge >= 0.3 is 6.18 Å². The Bertz CT molecular complexity index is 1310. The van der Waals surface area contributed by atoms with Crippen molar-refractivity contribution in [2.24, 2.45) is 5.14 Å². The maximum atomic E-state index is 12.6. The van der Waals surface area contributed by atoms with Crippen molar-refractivity contribution in [1.29, 1.82) is 0 Å². The maximum absolute atomic E-state index is 12.6. The van der Waals surface area contributed by atoms with E-state index in [2.05, 4.69) is 25.0 Å². The average molecular weight is 451 g/mol. The number of fused-ring (bicyclic) bond motifs is 1. The fourth-order valence-electron chi connectivity index (χ4n) is 3.22. The number of aromatic nitrogens is 6. The topological polar surface area (TPSA) is 132 Å². The molecular weight excluding hydrogens is 435 g/mol. The van der Waals surface area contributed by atoms with E-state index in [1.807, 2.05) is 0 Å². The van der Waals surface area contributed by atoms with Crippen LogP contribution in [0.1, 0.15) is 23.7 Å². The molecule has 0 bridgehead atoms. The van der Waals surface area contributed by atoms with E-state index >= 15 is 0 Å². The minimum Gasteiger partial charge on any atom is -0.343 e. The molecule has 13 heteroatoms. The molecular formula is C18H16F3N7O2S. The first-order valence-electron chi connectivity index (χ1n) is 8.99. The van der Waals surface area contributed by atoms with Gasteiger partial charge in [0.1, 0.15) is 5.25 Å². The highest BCUT2D eigenvalue weighted by atomic mass is 32.2. The first-order valence-corrected chi connectivity index (χ1v) is 10.6. The van der Waals surface area contributed by atoms with Gasteiger partial charge in [0, 0.05) is 36.1 Å². The number of halogens is 3. The van der Waals surface area contributed by atoms with E-state index in [1.54, 1.807) is 24.7 Å². The van der Waals surface area contributed by atoms with Gasteiger partial charge in [-0.1, -0.05) is 6.07 Å². The Labute approximate surface area is 174 Å². The van der Waals surface area contributed by atoms with E-state index in [0.29, 0.717) is 11.5 Å². The van der Waals surface area contributed by atoms with Gasteiger partial charge < -0.3 is 4.98 Å². The second-order valence-corrected chi connectivity index (χ2v) is 8.56. The van der Waals surface area contributed by atoms with Gasteiger partial charge in [-0.05, 0) is 24.1 Å². The van der Waals surface area contributed by atoms with Gasteiger partial charge in [0.15, 0.2) is 11.5 Å². The molecule has 1 atom stereocenters. The number of rotatable bonds is 6. The lowest BCUT2D eigenvalue weighted by Crippen LogP contribution is -2.23. The molecule has 4 rings (SSSR count). The van der Waals surface area contributed by atoms with E-state index in [4.69, 9.17) is 5.14 Å². The first kappa shape index (κ1) is 20.9. The Hall–Kier alpha value is -3.32. The Morgan fingerprint density at radius 3 is 2.61 bits per heavy atom. The fourth-order valence-corrected chi connectivity index (χ4v) is 4.18. The summed E-state index contributed by atoms with van der Waals surface area (Å²) in [5.41, 5.74) is 2.96. The fraction of sp³-hybridized carbons (Fsp3) is 0.222. The Balaban J connectivity index is 1.60. The SMILES string of the molecule is NS(=O)(=O)C(CCC(F)(F)F)c1ccc(-n2cc(-c3ccnc4nc[nH]c34)cn2)nc1. The number of primary sulfonamides is 1. The highest BCUT2D eigenvalue weighted by Crippen LogP contribution is 2.31. The van der Waals surface area contributed by atoms with Crippen LogP contribution in [0.4, 0.5) is 13.2 Å². The lowest BCUT2D eigenvalue weighted by atomic mass is 10.1. The summed E-state index contributed by atoms with van der Waals surface area (Å²) in [6.07, 6.45) is 1.23. The van der Waals surface area contributed by atoms with E-state index in [0.717, 1.165) is 16.6 Å². The minimum absolute atomic E-state index is 0.0798. The van der Waals surface area contributed by atoms with Crippen LogP contribution in [-0.2, 0) is 10.0 Å². The van der Waals surface area contributed by atoms with Crippen molar-refractivity contribution in [3.8, 4) is 16.9 Å². The minimum atomic E-state index is -4.49. The van der Waals surface area contributed by atoms with Gasteiger partial charge in [0.05, 0.1) is 18.0 Å². The lowest BCUT2D eigenvalue weighted by Gasteiger charge is -2.16. The normalized spacial score (nSPS) is 13.5. The molecule has 0 aromatic carbocycles. The smallest absolute Gasteiger partial charge is 0.343 e. The molecule has 4 heterocycles. The van der Waals surface area contributed by atoms with Crippen LogP contribution in [0.5, 0.6) is 0 Å². The molecule has 1 unspecified atom stereocenters. The molecule has 0 aliphatic carbocycles. The summed E-state index contributed by atoms with van der Waals surface area (Å²) in [5, 5.41) is 7.89. The van der Waals surface area contributed by atoms with Gasteiger partial charge in [-0.3, -0.25) is 0 Å². The van der Waals surface area contributed by atoms with Gasteiger partial charge in [0.2, 0.25) is 10.0 Å². The summed E-state index contributed by atoms with van der Waals surface area (Å²) in [6, 6.07) is 4.65. The van der Waals surface area contributed by atoms with Crippen LogP contribution in [-0.4, -0.2) is 44.3 Å². The molecule has 4 aromatic heterocycles. The molecule has 0 radical (unpaired) electrons. The number of aromatic amines is 1. The third-order valence-electron chi connectivity index (χ3n) is 4.68. The standard InChI is InChI=1S/C18H16F3N7O2S/c19-18(20,21)5-3-14(31(22,29)30)11-1-2-15(24-7-11)28-9-12(8-27-28)13-4-6-23-17-16(13)25-10-26-17/h1-2,4,6-10,14H,3,5H2,(H2,22,29,30)(H,23,25,26). The highest BCUT2D eigenvalue weighted by Gasteiger charge is 2.32. The van der Waals surface area contributed by atoms with Gasteiger partial charge in [0.25, 0.3) is 0 Å². The van der Waals surface area contributed by atoms with Crippen LogP contribution in [0.3, 0.4) is 0 Å². The molecule has 0 spiro atoms. The van der Waals surface area contributed by atoms with Gasteiger partial charge in [-0.15, -0.1) is 0 Å². The quantitative estimate of drug-likeness (QED) is 0.463. The molecule has 0 saturated carbocycles. The number of pyridine rings is 2. The summed E-state index contributed by atoms with van der Waals surface area (Å²) in [4.78, 5) is 15.4. The average Bonchev–Trinajstić information content (AvgIpc) is 3.36. The number of imidazole rings is 1. The summed E-state index contributed by atoms with van der Waals surface area (Å²) >= 11 is 0. The van der Waals surface area contributed by atoms with Crippen LogP contribution in [0.25, 0.3) is 28.1 Å². The Morgan fingerprint density at radius 1 is 1.13 bits per heavy atom. The van der Waals surface area contributed by atoms with E-state index in [-0.39, 0.29) is 5.56 Å². The number of alkyl halides is 3.